The van der Waals surface area contributed by atoms with Crippen molar-refractivity contribution in [2.45, 2.75) is 51.7 Å². The maximum atomic E-state index is 12.5. The van der Waals surface area contributed by atoms with Crippen LogP contribution in [0.4, 0.5) is 5.95 Å². The Labute approximate surface area is 158 Å². The standard InChI is InChI=1S/C19H25N5O3/c1-12(2)16-8-17(27-23-16)18(25)21-14-4-3-6-24(10-14)19-20-9-13-11-26-7-5-15(13)22-19/h8-9,12,14H,3-7,10-11H2,1-2H3,(H,21,25)/t14-/m0/s1. The van der Waals surface area contributed by atoms with Gasteiger partial charge in [-0.15, -0.1) is 0 Å². The molecule has 1 atom stereocenters. The van der Waals surface area contributed by atoms with Crippen LogP contribution in [0, 0.1) is 0 Å². The largest absolute Gasteiger partial charge is 0.376 e. The molecule has 2 aromatic heterocycles. The number of anilines is 1. The van der Waals surface area contributed by atoms with Gasteiger partial charge in [0.1, 0.15) is 0 Å². The summed E-state index contributed by atoms with van der Waals surface area (Å²) in [6.45, 7) is 6.90. The smallest absolute Gasteiger partial charge is 0.290 e. The zero-order valence-corrected chi connectivity index (χ0v) is 15.8. The van der Waals surface area contributed by atoms with E-state index >= 15 is 0 Å². The van der Waals surface area contributed by atoms with E-state index in [0.717, 1.165) is 48.7 Å². The highest BCUT2D eigenvalue weighted by Gasteiger charge is 2.26. The number of aromatic nitrogens is 3. The summed E-state index contributed by atoms with van der Waals surface area (Å²) in [5, 5.41) is 7.02. The number of fused-ring (bicyclic) bond motifs is 1. The Morgan fingerprint density at radius 2 is 2.30 bits per heavy atom. The average molecular weight is 371 g/mol. The summed E-state index contributed by atoms with van der Waals surface area (Å²) in [6.07, 6.45) is 4.58. The highest BCUT2D eigenvalue weighted by Crippen LogP contribution is 2.21. The van der Waals surface area contributed by atoms with Crippen molar-refractivity contribution in [3.63, 3.8) is 0 Å². The van der Waals surface area contributed by atoms with E-state index in [1.807, 2.05) is 20.0 Å². The fourth-order valence-electron chi connectivity index (χ4n) is 3.47. The van der Waals surface area contributed by atoms with Gasteiger partial charge in [-0.1, -0.05) is 19.0 Å². The Morgan fingerprint density at radius 1 is 1.41 bits per heavy atom. The van der Waals surface area contributed by atoms with Crippen molar-refractivity contribution >= 4 is 11.9 Å². The lowest BCUT2D eigenvalue weighted by molar-refractivity contribution is 0.0895. The molecule has 2 aliphatic rings. The van der Waals surface area contributed by atoms with Crippen LogP contribution in [0.25, 0.3) is 0 Å². The molecular formula is C19H25N5O3. The SMILES string of the molecule is CC(C)c1cc(C(=O)N[C@H]2CCCN(c3ncc4c(n3)CCOC4)C2)on1. The summed E-state index contributed by atoms with van der Waals surface area (Å²) in [6, 6.07) is 1.75. The minimum Gasteiger partial charge on any atom is -0.376 e. The van der Waals surface area contributed by atoms with Crippen molar-refractivity contribution in [1.29, 1.82) is 0 Å². The number of ether oxygens (including phenoxy) is 1. The zero-order valence-electron chi connectivity index (χ0n) is 15.8. The molecule has 1 amide bonds. The number of nitrogens with one attached hydrogen (secondary N) is 1. The third-order valence-corrected chi connectivity index (χ3v) is 5.07. The first-order valence-electron chi connectivity index (χ1n) is 9.55. The lowest BCUT2D eigenvalue weighted by Gasteiger charge is -2.33. The molecule has 0 saturated carbocycles. The molecule has 8 nitrogen and oxygen atoms in total. The van der Waals surface area contributed by atoms with E-state index in [2.05, 4.69) is 20.4 Å². The van der Waals surface area contributed by atoms with Gasteiger partial charge in [0, 0.05) is 43.4 Å². The topological polar surface area (TPSA) is 93.4 Å². The predicted molar refractivity (Wildman–Crippen MR) is 98.7 cm³/mol. The molecule has 0 bridgehead atoms. The molecule has 4 heterocycles. The Morgan fingerprint density at radius 3 is 3.11 bits per heavy atom. The van der Waals surface area contributed by atoms with Crippen molar-refractivity contribution < 1.29 is 14.1 Å². The number of carbonyl (C=O) groups excluding carboxylic acids is 1. The summed E-state index contributed by atoms with van der Waals surface area (Å²) in [5.74, 6) is 1.01. The van der Waals surface area contributed by atoms with Gasteiger partial charge >= 0.3 is 0 Å². The fraction of sp³-hybridized carbons (Fsp3) is 0.579. The molecule has 1 N–H and O–H groups in total. The van der Waals surface area contributed by atoms with E-state index in [4.69, 9.17) is 14.2 Å². The van der Waals surface area contributed by atoms with Gasteiger partial charge in [-0.2, -0.15) is 0 Å². The molecule has 1 saturated heterocycles. The molecule has 2 aromatic rings. The van der Waals surface area contributed by atoms with Gasteiger partial charge in [0.2, 0.25) is 11.7 Å². The Hall–Kier alpha value is -2.48. The molecule has 0 aliphatic carbocycles. The second-order valence-electron chi connectivity index (χ2n) is 7.47. The molecule has 27 heavy (non-hydrogen) atoms. The highest BCUT2D eigenvalue weighted by molar-refractivity contribution is 5.91. The maximum Gasteiger partial charge on any atom is 0.290 e. The lowest BCUT2D eigenvalue weighted by atomic mass is 10.1. The quantitative estimate of drug-likeness (QED) is 0.879. The van der Waals surface area contributed by atoms with Gasteiger partial charge in [-0.05, 0) is 18.8 Å². The molecule has 1 fully saturated rings. The van der Waals surface area contributed by atoms with Gasteiger partial charge < -0.3 is 19.5 Å². The predicted octanol–water partition coefficient (Wildman–Crippen LogP) is 2.06. The van der Waals surface area contributed by atoms with E-state index < -0.39 is 0 Å². The zero-order chi connectivity index (χ0) is 18.8. The van der Waals surface area contributed by atoms with Crippen LogP contribution in [-0.4, -0.2) is 46.8 Å². The Kier molecular flexibility index (Phi) is 5.07. The molecule has 0 unspecified atom stereocenters. The summed E-state index contributed by atoms with van der Waals surface area (Å²) < 4.78 is 10.6. The van der Waals surface area contributed by atoms with E-state index in [-0.39, 0.29) is 23.6 Å². The molecule has 2 aliphatic heterocycles. The molecule has 0 spiro atoms. The first-order valence-corrected chi connectivity index (χ1v) is 9.55. The van der Waals surface area contributed by atoms with Gasteiger partial charge in [-0.25, -0.2) is 9.97 Å². The summed E-state index contributed by atoms with van der Waals surface area (Å²) in [4.78, 5) is 23.8. The number of piperidine rings is 1. The highest BCUT2D eigenvalue weighted by atomic mass is 16.5. The van der Waals surface area contributed by atoms with Crippen molar-refractivity contribution in [2.75, 3.05) is 24.6 Å². The molecule has 4 rings (SSSR count). The second-order valence-corrected chi connectivity index (χ2v) is 7.47. The van der Waals surface area contributed by atoms with Crippen LogP contribution in [0.1, 0.15) is 60.1 Å². The number of hydrogen-bond donors (Lipinski definition) is 1. The lowest BCUT2D eigenvalue weighted by Crippen LogP contribution is -2.48. The van der Waals surface area contributed by atoms with Crippen molar-refractivity contribution in [1.82, 2.24) is 20.4 Å². The number of hydrogen-bond acceptors (Lipinski definition) is 7. The summed E-state index contributed by atoms with van der Waals surface area (Å²) >= 11 is 0. The van der Waals surface area contributed by atoms with Gasteiger partial charge in [-0.3, -0.25) is 4.79 Å². The van der Waals surface area contributed by atoms with Crippen LogP contribution in [0.15, 0.2) is 16.8 Å². The maximum absolute atomic E-state index is 12.5. The Balaban J connectivity index is 1.41. The van der Waals surface area contributed by atoms with Crippen molar-refractivity contribution in [3.8, 4) is 0 Å². The molecule has 144 valence electrons. The average Bonchev–Trinajstić information content (AvgIpc) is 3.19. The fourth-order valence-corrected chi connectivity index (χ4v) is 3.47. The van der Waals surface area contributed by atoms with Crippen LogP contribution < -0.4 is 10.2 Å². The summed E-state index contributed by atoms with van der Waals surface area (Å²) in [5.41, 5.74) is 2.93. The minimum absolute atomic E-state index is 0.0295. The third kappa shape index (κ3) is 3.95. The number of amides is 1. The second kappa shape index (κ2) is 7.64. The van der Waals surface area contributed by atoms with Crippen LogP contribution in [0.5, 0.6) is 0 Å². The van der Waals surface area contributed by atoms with Crippen LogP contribution in [0.3, 0.4) is 0 Å². The molecular weight excluding hydrogens is 346 g/mol. The first-order chi connectivity index (χ1) is 13.1. The Bertz CT molecular complexity index is 819. The molecule has 0 radical (unpaired) electrons. The van der Waals surface area contributed by atoms with E-state index in [1.54, 1.807) is 6.07 Å². The summed E-state index contributed by atoms with van der Waals surface area (Å²) in [7, 11) is 0. The molecule has 8 heteroatoms. The minimum atomic E-state index is -0.218. The third-order valence-electron chi connectivity index (χ3n) is 5.07. The van der Waals surface area contributed by atoms with Crippen LogP contribution >= 0.6 is 0 Å². The van der Waals surface area contributed by atoms with Crippen molar-refractivity contribution in [2.24, 2.45) is 0 Å². The van der Waals surface area contributed by atoms with Crippen LogP contribution in [-0.2, 0) is 17.8 Å². The van der Waals surface area contributed by atoms with Gasteiger partial charge in [0.25, 0.3) is 5.91 Å². The van der Waals surface area contributed by atoms with E-state index in [9.17, 15) is 4.79 Å². The number of rotatable bonds is 4. The van der Waals surface area contributed by atoms with Gasteiger partial charge in [0.05, 0.1) is 24.6 Å². The van der Waals surface area contributed by atoms with Crippen molar-refractivity contribution in [3.05, 3.63) is 35.0 Å². The number of nitrogens with zero attached hydrogens (tertiary/aromatic N) is 4. The molecule has 0 aromatic carbocycles. The van der Waals surface area contributed by atoms with Crippen LogP contribution in [0.2, 0.25) is 0 Å². The normalized spacial score (nSPS) is 19.8. The van der Waals surface area contributed by atoms with E-state index in [1.165, 1.54) is 0 Å². The first kappa shape index (κ1) is 17.9. The van der Waals surface area contributed by atoms with Gasteiger partial charge in [0.15, 0.2) is 0 Å². The monoisotopic (exact) mass is 371 g/mol. The number of carbonyl (C=O) groups is 1. The van der Waals surface area contributed by atoms with E-state index in [0.29, 0.717) is 19.8 Å².